The van der Waals surface area contributed by atoms with Crippen LogP contribution in [-0.2, 0) is 22.8 Å². The standard InChI is InChI=1S/C21H14F3N5.C3H8.2CH2O/c1-12-7-15(14-5-3-13(9-25)4-6-14)10-27-19(12)20-28-16-8-18(21(22,23)24)26-11-17(16)29(20)2;1-3-2;2*1-2/h3-8,10-11H,1-2H3;3H2,1-2H3;2*1H2. The molecule has 0 aliphatic rings. The van der Waals surface area contributed by atoms with Crippen LogP contribution in [0.2, 0.25) is 0 Å². The van der Waals surface area contributed by atoms with Crippen molar-refractivity contribution in [2.24, 2.45) is 7.05 Å². The summed E-state index contributed by atoms with van der Waals surface area (Å²) >= 11 is 0. The van der Waals surface area contributed by atoms with Gasteiger partial charge in [-0.25, -0.2) is 9.97 Å². The van der Waals surface area contributed by atoms with Crippen molar-refractivity contribution >= 4 is 24.6 Å². The summed E-state index contributed by atoms with van der Waals surface area (Å²) in [7, 11) is 1.72. The van der Waals surface area contributed by atoms with Crippen molar-refractivity contribution in [3.05, 3.63) is 65.6 Å². The number of fused-ring (bicyclic) bond motifs is 1. The number of alkyl halides is 3. The molecule has 3 heterocycles. The summed E-state index contributed by atoms with van der Waals surface area (Å²) in [6.45, 7) is 10.1. The Balaban J connectivity index is 0.000000844. The quantitative estimate of drug-likeness (QED) is 0.340. The Kier molecular flexibility index (Phi) is 11.1. The molecule has 36 heavy (non-hydrogen) atoms. The maximum atomic E-state index is 12.9. The first kappa shape index (κ1) is 29.6. The molecule has 10 heteroatoms. The van der Waals surface area contributed by atoms with E-state index in [1.54, 1.807) is 29.9 Å². The number of imidazole rings is 1. The molecule has 1 aromatic carbocycles. The topological polar surface area (TPSA) is 102 Å². The van der Waals surface area contributed by atoms with Crippen LogP contribution < -0.4 is 0 Å². The van der Waals surface area contributed by atoms with Gasteiger partial charge < -0.3 is 14.2 Å². The molecular weight excluding hydrogens is 471 g/mol. The molecule has 3 aromatic heterocycles. The van der Waals surface area contributed by atoms with Crippen molar-refractivity contribution in [1.29, 1.82) is 5.26 Å². The van der Waals surface area contributed by atoms with Gasteiger partial charge in [0, 0.05) is 18.8 Å². The van der Waals surface area contributed by atoms with Gasteiger partial charge in [-0.1, -0.05) is 32.4 Å². The van der Waals surface area contributed by atoms with E-state index in [4.69, 9.17) is 14.9 Å². The molecule has 0 bridgehead atoms. The van der Waals surface area contributed by atoms with Crippen LogP contribution in [0.5, 0.6) is 0 Å². The van der Waals surface area contributed by atoms with Gasteiger partial charge in [-0.2, -0.15) is 18.4 Å². The summed E-state index contributed by atoms with van der Waals surface area (Å²) in [4.78, 5) is 28.4. The van der Waals surface area contributed by atoms with Crippen molar-refractivity contribution in [1.82, 2.24) is 19.5 Å². The van der Waals surface area contributed by atoms with E-state index >= 15 is 0 Å². The van der Waals surface area contributed by atoms with Crippen LogP contribution in [0.3, 0.4) is 0 Å². The highest BCUT2D eigenvalue weighted by Gasteiger charge is 2.33. The highest BCUT2D eigenvalue weighted by molar-refractivity contribution is 5.80. The molecule has 0 spiro atoms. The maximum absolute atomic E-state index is 12.9. The number of aromatic nitrogens is 4. The fourth-order valence-electron chi connectivity index (χ4n) is 3.16. The van der Waals surface area contributed by atoms with Crippen molar-refractivity contribution in [2.45, 2.75) is 33.4 Å². The third-order valence-corrected chi connectivity index (χ3v) is 4.70. The van der Waals surface area contributed by atoms with E-state index in [-0.39, 0.29) is 5.52 Å². The molecule has 4 rings (SSSR count). The lowest BCUT2D eigenvalue weighted by Gasteiger charge is -2.08. The lowest BCUT2D eigenvalue weighted by Crippen LogP contribution is -2.07. The Bertz CT molecular complexity index is 1320. The number of carbonyl (C=O) groups is 2. The summed E-state index contributed by atoms with van der Waals surface area (Å²) in [6, 6.07) is 12.1. The minimum atomic E-state index is -4.53. The van der Waals surface area contributed by atoms with E-state index in [1.165, 1.54) is 12.6 Å². The Labute approximate surface area is 207 Å². The molecule has 0 N–H and O–H groups in total. The van der Waals surface area contributed by atoms with Gasteiger partial charge in [0.25, 0.3) is 0 Å². The Morgan fingerprint density at radius 1 is 0.972 bits per heavy atom. The van der Waals surface area contributed by atoms with Gasteiger partial charge in [-0.15, -0.1) is 0 Å². The Morgan fingerprint density at radius 2 is 1.56 bits per heavy atom. The van der Waals surface area contributed by atoms with Crippen molar-refractivity contribution in [2.75, 3.05) is 0 Å². The third-order valence-electron chi connectivity index (χ3n) is 4.70. The van der Waals surface area contributed by atoms with Crippen LogP contribution in [0.25, 0.3) is 33.7 Å². The molecule has 0 aliphatic heterocycles. The molecule has 0 saturated carbocycles. The smallest absolute Gasteiger partial charge is 0.325 e. The minimum Gasteiger partial charge on any atom is -0.325 e. The molecule has 7 nitrogen and oxygen atoms in total. The van der Waals surface area contributed by atoms with E-state index in [9.17, 15) is 13.2 Å². The number of hydrogen-bond donors (Lipinski definition) is 0. The second-order valence-electron chi connectivity index (χ2n) is 7.34. The molecule has 0 radical (unpaired) electrons. The van der Waals surface area contributed by atoms with E-state index in [1.807, 2.05) is 38.7 Å². The van der Waals surface area contributed by atoms with E-state index in [0.717, 1.165) is 22.8 Å². The SMILES string of the molecule is C=O.C=O.CCC.Cc1cc(-c2ccc(C#N)cc2)cnc1-c1nc2cc(C(F)(F)F)ncc2n1C. The summed E-state index contributed by atoms with van der Waals surface area (Å²) in [5, 5.41) is 8.91. The van der Waals surface area contributed by atoms with Crippen LogP contribution in [0.4, 0.5) is 13.2 Å². The summed E-state index contributed by atoms with van der Waals surface area (Å²) < 4.78 is 40.5. The lowest BCUT2D eigenvalue weighted by molar-refractivity contribution is -0.141. The van der Waals surface area contributed by atoms with E-state index in [2.05, 4.69) is 34.9 Å². The number of pyridine rings is 2. The predicted molar refractivity (Wildman–Crippen MR) is 132 cm³/mol. The van der Waals surface area contributed by atoms with Gasteiger partial charge in [0.05, 0.1) is 28.9 Å². The molecule has 0 aliphatic carbocycles. The largest absolute Gasteiger partial charge is 0.433 e. The summed E-state index contributed by atoms with van der Waals surface area (Å²) in [6.07, 6.45) is -0.416. The highest BCUT2D eigenvalue weighted by atomic mass is 19.4. The third kappa shape index (κ3) is 6.82. The van der Waals surface area contributed by atoms with Crippen LogP contribution in [0, 0.1) is 18.3 Å². The number of halogens is 3. The van der Waals surface area contributed by atoms with Gasteiger partial charge in [0.15, 0.2) is 5.82 Å². The average Bonchev–Trinajstić information content (AvgIpc) is 3.22. The molecule has 0 amide bonds. The van der Waals surface area contributed by atoms with Gasteiger partial charge in [-0.05, 0) is 42.3 Å². The first-order chi connectivity index (χ1) is 17.2. The lowest BCUT2D eigenvalue weighted by atomic mass is 10.0. The van der Waals surface area contributed by atoms with Crippen LogP contribution in [0.15, 0.2) is 48.8 Å². The number of hydrogen-bond acceptors (Lipinski definition) is 6. The number of nitrogens with zero attached hydrogens (tertiary/aromatic N) is 5. The molecule has 0 fully saturated rings. The van der Waals surface area contributed by atoms with Crippen molar-refractivity contribution in [3.8, 4) is 28.7 Å². The monoisotopic (exact) mass is 497 g/mol. The van der Waals surface area contributed by atoms with E-state index in [0.29, 0.717) is 22.6 Å². The second kappa shape index (κ2) is 13.5. The molecule has 188 valence electrons. The van der Waals surface area contributed by atoms with Gasteiger partial charge >= 0.3 is 6.18 Å². The predicted octanol–water partition coefficient (Wildman–Crippen LogP) is 5.94. The molecule has 0 atom stereocenters. The molecular formula is C26H26F3N5O2. The Morgan fingerprint density at radius 3 is 2.06 bits per heavy atom. The van der Waals surface area contributed by atoms with Crippen LogP contribution >= 0.6 is 0 Å². The zero-order valence-electron chi connectivity index (χ0n) is 20.4. The van der Waals surface area contributed by atoms with Crippen molar-refractivity contribution < 1.29 is 22.8 Å². The maximum Gasteiger partial charge on any atom is 0.433 e. The van der Waals surface area contributed by atoms with Crippen molar-refractivity contribution in [3.63, 3.8) is 0 Å². The number of aryl methyl sites for hydroxylation is 2. The van der Waals surface area contributed by atoms with Crippen LogP contribution in [-0.4, -0.2) is 33.1 Å². The second-order valence-corrected chi connectivity index (χ2v) is 7.34. The molecule has 4 aromatic rings. The molecule has 0 saturated heterocycles. The Hall–Kier alpha value is -4.39. The van der Waals surface area contributed by atoms with E-state index < -0.39 is 11.9 Å². The fourth-order valence-corrected chi connectivity index (χ4v) is 3.16. The molecule has 0 unspecified atom stereocenters. The number of carbonyl (C=O) groups excluding carboxylic acids is 2. The first-order valence-corrected chi connectivity index (χ1v) is 10.6. The normalized spacial score (nSPS) is 10.1. The highest BCUT2D eigenvalue weighted by Crippen LogP contribution is 2.32. The zero-order valence-corrected chi connectivity index (χ0v) is 20.4. The summed E-state index contributed by atoms with van der Waals surface area (Å²) in [5.41, 5.74) is 3.49. The first-order valence-electron chi connectivity index (χ1n) is 10.6. The van der Waals surface area contributed by atoms with Gasteiger partial charge in [0.2, 0.25) is 0 Å². The number of rotatable bonds is 2. The summed E-state index contributed by atoms with van der Waals surface area (Å²) in [5.74, 6) is 0.463. The zero-order chi connectivity index (χ0) is 27.5. The minimum absolute atomic E-state index is 0.210. The van der Waals surface area contributed by atoms with Crippen LogP contribution in [0.1, 0.15) is 37.1 Å². The number of benzene rings is 1. The fraction of sp³-hybridized carbons (Fsp3) is 0.231. The van der Waals surface area contributed by atoms with Gasteiger partial charge in [-0.3, -0.25) is 4.98 Å². The van der Waals surface area contributed by atoms with Gasteiger partial charge in [0.1, 0.15) is 25.0 Å². The number of nitriles is 1. The average molecular weight is 498 g/mol.